The molecule has 11 heteroatoms. The van der Waals surface area contributed by atoms with Gasteiger partial charge in [-0.25, -0.2) is 4.79 Å². The number of fused-ring (bicyclic) bond motifs is 2. The minimum atomic E-state index is -0.630. The van der Waals surface area contributed by atoms with Crippen LogP contribution in [0.3, 0.4) is 0 Å². The van der Waals surface area contributed by atoms with Gasteiger partial charge < -0.3 is 20.5 Å². The van der Waals surface area contributed by atoms with Crippen LogP contribution >= 0.6 is 0 Å². The van der Waals surface area contributed by atoms with E-state index in [-0.39, 0.29) is 34.6 Å². The second-order valence-electron chi connectivity index (χ2n) is 10.5. The maximum absolute atomic E-state index is 13.8. The van der Waals surface area contributed by atoms with Crippen molar-refractivity contribution in [1.82, 2.24) is 18.7 Å². The highest BCUT2D eigenvalue weighted by molar-refractivity contribution is 6.11. The molecule has 2 aliphatic heterocycles. The van der Waals surface area contributed by atoms with Crippen molar-refractivity contribution in [2.45, 2.75) is 58.7 Å². The lowest BCUT2D eigenvalue weighted by atomic mass is 9.98. The first-order valence-electron chi connectivity index (χ1n) is 12.9. The highest BCUT2D eigenvalue weighted by Crippen LogP contribution is 2.35. The monoisotopic (exact) mass is 519 g/mol. The lowest BCUT2D eigenvalue weighted by Gasteiger charge is -2.31. The van der Waals surface area contributed by atoms with E-state index in [1.54, 1.807) is 32.2 Å². The summed E-state index contributed by atoms with van der Waals surface area (Å²) in [6, 6.07) is 5.10. The van der Waals surface area contributed by atoms with Crippen LogP contribution in [-0.2, 0) is 24.9 Å². The number of benzene rings is 1. The van der Waals surface area contributed by atoms with Crippen LogP contribution in [0.1, 0.15) is 55.5 Å². The molecule has 5 rings (SSSR count). The molecule has 0 radical (unpaired) electrons. The molecule has 3 N–H and O–H groups in total. The molecule has 1 fully saturated rings. The van der Waals surface area contributed by atoms with Crippen LogP contribution in [0.15, 0.2) is 39.4 Å². The first kappa shape index (κ1) is 25.7. The zero-order valence-electron chi connectivity index (χ0n) is 22.2. The first-order valence-corrected chi connectivity index (χ1v) is 12.9. The molecule has 1 amide bonds. The number of ketones is 1. The number of nitrogens with one attached hydrogen (secondary N) is 1. The van der Waals surface area contributed by atoms with Crippen molar-refractivity contribution in [2.75, 3.05) is 23.3 Å². The van der Waals surface area contributed by atoms with Crippen LogP contribution in [0, 0.1) is 0 Å². The van der Waals surface area contributed by atoms with Crippen LogP contribution in [0.2, 0.25) is 0 Å². The number of hydrogen-bond donors (Lipinski definition) is 2. The maximum atomic E-state index is 13.8. The average Bonchev–Trinajstić information content (AvgIpc) is 3.41. The Hall–Kier alpha value is -3.99. The summed E-state index contributed by atoms with van der Waals surface area (Å²) in [7, 11) is 1.55. The van der Waals surface area contributed by atoms with Crippen molar-refractivity contribution in [2.24, 2.45) is 12.8 Å². The summed E-state index contributed by atoms with van der Waals surface area (Å²) in [6.45, 7) is 6.99. The van der Waals surface area contributed by atoms with Gasteiger partial charge in [0.25, 0.3) is 5.56 Å². The Bertz CT molecular complexity index is 1610. The fraction of sp³-hybridized carbons (Fsp3) is 0.444. The van der Waals surface area contributed by atoms with Gasteiger partial charge in [0, 0.05) is 38.3 Å². The summed E-state index contributed by atoms with van der Waals surface area (Å²) in [5.74, 6) is -0.424. The van der Waals surface area contributed by atoms with Gasteiger partial charge in [-0.1, -0.05) is 23.8 Å². The van der Waals surface area contributed by atoms with Crippen molar-refractivity contribution in [3.05, 3.63) is 61.8 Å². The minimum Gasteiger partial charge on any atom is -0.341 e. The number of amides is 1. The van der Waals surface area contributed by atoms with E-state index in [4.69, 9.17) is 10.7 Å². The van der Waals surface area contributed by atoms with Gasteiger partial charge in [0.1, 0.15) is 0 Å². The Balaban J connectivity index is 1.63. The standard InChI is InChI=1S/C27H33N7O4/c1-15(2)10-12-33-22-23(30-26(33)32-11-6-7-17(28)13-32)31(4)27(38)34(25(22)37)14-20(35)19-9-5-8-18-16(3)24(36)29-21(18)19/h5,8-10,16-17H,6-7,11-14,28H2,1-4H3,(H,29,36). The van der Waals surface area contributed by atoms with Crippen molar-refractivity contribution in [3.8, 4) is 0 Å². The van der Waals surface area contributed by atoms with E-state index < -0.39 is 23.6 Å². The molecule has 2 atom stereocenters. The molecule has 0 aliphatic carbocycles. The Morgan fingerprint density at radius 3 is 2.68 bits per heavy atom. The SMILES string of the molecule is CC(C)=CCn1c(N2CCCC(N)C2)nc2c1c(=O)n(CC(=O)c1cccc3c1NC(=O)C3C)c(=O)n2C. The van der Waals surface area contributed by atoms with Gasteiger partial charge in [0.05, 0.1) is 18.2 Å². The fourth-order valence-corrected chi connectivity index (χ4v) is 5.28. The summed E-state index contributed by atoms with van der Waals surface area (Å²) in [6.07, 6.45) is 3.81. The Morgan fingerprint density at radius 2 is 1.97 bits per heavy atom. The molecule has 2 aliphatic rings. The summed E-state index contributed by atoms with van der Waals surface area (Å²) < 4.78 is 4.08. The molecule has 4 heterocycles. The molecule has 11 nitrogen and oxygen atoms in total. The number of carbonyl (C=O) groups is 2. The van der Waals surface area contributed by atoms with E-state index >= 15 is 0 Å². The summed E-state index contributed by atoms with van der Waals surface area (Å²) in [5, 5.41) is 2.77. The average molecular weight is 520 g/mol. The van der Waals surface area contributed by atoms with Crippen LogP contribution in [0.4, 0.5) is 11.6 Å². The van der Waals surface area contributed by atoms with E-state index in [1.807, 2.05) is 24.5 Å². The quantitative estimate of drug-likeness (QED) is 0.374. The van der Waals surface area contributed by atoms with Gasteiger partial charge in [-0.3, -0.25) is 23.5 Å². The van der Waals surface area contributed by atoms with Gasteiger partial charge in [-0.2, -0.15) is 4.98 Å². The molecule has 2 aromatic heterocycles. The van der Waals surface area contributed by atoms with Crippen LogP contribution in [-0.4, -0.2) is 49.5 Å². The largest absolute Gasteiger partial charge is 0.341 e. The van der Waals surface area contributed by atoms with Crippen molar-refractivity contribution >= 4 is 34.5 Å². The number of hydrogen-bond acceptors (Lipinski definition) is 7. The Labute approximate surface area is 219 Å². The zero-order valence-corrected chi connectivity index (χ0v) is 22.2. The number of carbonyl (C=O) groups excluding carboxylic acids is 2. The van der Waals surface area contributed by atoms with E-state index in [0.717, 1.165) is 35.1 Å². The second kappa shape index (κ2) is 9.71. The molecular weight excluding hydrogens is 486 g/mol. The third-order valence-electron chi connectivity index (χ3n) is 7.44. The molecule has 0 saturated carbocycles. The predicted octanol–water partition coefficient (Wildman–Crippen LogP) is 1.73. The van der Waals surface area contributed by atoms with Gasteiger partial charge >= 0.3 is 5.69 Å². The smallest absolute Gasteiger partial charge is 0.332 e. The van der Waals surface area contributed by atoms with E-state index in [9.17, 15) is 19.2 Å². The molecule has 1 saturated heterocycles. The number of para-hydroxylation sites is 1. The first-order chi connectivity index (χ1) is 18.1. The molecule has 3 aromatic rings. The van der Waals surface area contributed by atoms with E-state index in [2.05, 4.69) is 10.2 Å². The highest BCUT2D eigenvalue weighted by atomic mass is 16.2. The van der Waals surface area contributed by atoms with Crippen LogP contribution in [0.5, 0.6) is 0 Å². The van der Waals surface area contributed by atoms with Crippen molar-refractivity contribution in [1.29, 1.82) is 0 Å². The van der Waals surface area contributed by atoms with Gasteiger partial charge in [-0.05, 0) is 45.2 Å². The Kier molecular flexibility index (Phi) is 6.56. The summed E-state index contributed by atoms with van der Waals surface area (Å²) >= 11 is 0. The molecule has 1 aromatic carbocycles. The lowest BCUT2D eigenvalue weighted by molar-refractivity contribution is -0.116. The number of piperidine rings is 1. The van der Waals surface area contributed by atoms with Crippen molar-refractivity contribution in [3.63, 3.8) is 0 Å². The maximum Gasteiger partial charge on any atom is 0.332 e. The van der Waals surface area contributed by atoms with Gasteiger partial charge in [0.2, 0.25) is 11.9 Å². The number of rotatable bonds is 6. The number of Topliss-reactive ketones (excluding diaryl/α,β-unsaturated/α-hetero) is 1. The number of nitrogens with two attached hydrogens (primary N) is 1. The lowest BCUT2D eigenvalue weighted by Crippen LogP contribution is -2.44. The number of nitrogens with zero attached hydrogens (tertiary/aromatic N) is 5. The number of imidazole rings is 1. The number of allylic oxidation sites excluding steroid dienone is 2. The molecule has 0 spiro atoms. The topological polar surface area (TPSA) is 137 Å². The van der Waals surface area contributed by atoms with E-state index in [1.165, 1.54) is 4.57 Å². The van der Waals surface area contributed by atoms with Gasteiger partial charge in [0.15, 0.2) is 16.9 Å². The molecule has 0 bridgehead atoms. The molecule has 200 valence electrons. The minimum absolute atomic E-state index is 0.00521. The normalized spacial score (nSPS) is 19.0. The zero-order chi connectivity index (χ0) is 27.3. The molecular formula is C27H33N7O4. The molecule has 2 unspecified atom stereocenters. The summed E-state index contributed by atoms with van der Waals surface area (Å²) in [5.41, 5.74) is 8.05. The Morgan fingerprint density at radius 1 is 1.21 bits per heavy atom. The van der Waals surface area contributed by atoms with E-state index in [0.29, 0.717) is 24.7 Å². The number of anilines is 2. The predicted molar refractivity (Wildman–Crippen MR) is 146 cm³/mol. The number of aryl methyl sites for hydroxylation is 1. The second-order valence-corrected chi connectivity index (χ2v) is 10.5. The van der Waals surface area contributed by atoms with Crippen LogP contribution in [0.25, 0.3) is 11.2 Å². The molecule has 38 heavy (non-hydrogen) atoms. The van der Waals surface area contributed by atoms with Crippen LogP contribution < -0.4 is 27.2 Å². The van der Waals surface area contributed by atoms with Gasteiger partial charge in [-0.15, -0.1) is 0 Å². The highest BCUT2D eigenvalue weighted by Gasteiger charge is 2.31. The fourth-order valence-electron chi connectivity index (χ4n) is 5.28. The van der Waals surface area contributed by atoms with Crippen molar-refractivity contribution < 1.29 is 9.59 Å². The third kappa shape index (κ3) is 4.26. The number of aromatic nitrogens is 4. The summed E-state index contributed by atoms with van der Waals surface area (Å²) in [4.78, 5) is 59.6. The third-order valence-corrected chi connectivity index (χ3v) is 7.44.